The van der Waals surface area contributed by atoms with Gasteiger partial charge in [0.05, 0.1) is 19.2 Å². The van der Waals surface area contributed by atoms with Crippen LogP contribution in [0.2, 0.25) is 0 Å². The maximum atomic E-state index is 11.3. The Labute approximate surface area is 94.8 Å². The molecule has 1 aromatic carbocycles. The van der Waals surface area contributed by atoms with Gasteiger partial charge in [-0.15, -0.1) is 0 Å². The van der Waals surface area contributed by atoms with Gasteiger partial charge in [-0.3, -0.25) is 0 Å². The van der Waals surface area contributed by atoms with Crippen LogP contribution in [-0.4, -0.2) is 26.7 Å². The molecular formula is C12H14N2O2. The average Bonchev–Trinajstić information content (AvgIpc) is 2.31. The molecular weight excluding hydrogens is 204 g/mol. The summed E-state index contributed by atoms with van der Waals surface area (Å²) in [7, 11) is 3.15. The number of nitrogen functional groups attached to an aromatic ring is 1. The molecule has 0 unspecified atom stereocenters. The van der Waals surface area contributed by atoms with Crippen molar-refractivity contribution in [2.24, 2.45) is 0 Å². The molecule has 84 valence electrons. The number of ether oxygens (including phenoxy) is 1. The molecule has 0 aromatic heterocycles. The largest absolute Gasteiger partial charge is 0.465 e. The predicted molar refractivity (Wildman–Crippen MR) is 63.0 cm³/mol. The number of nitrogens with two attached hydrogens (primary N) is 1. The maximum absolute atomic E-state index is 11.3. The molecule has 0 heterocycles. The Balaban J connectivity index is 3.01. The summed E-state index contributed by atoms with van der Waals surface area (Å²) in [6.07, 6.45) is 0. The van der Waals surface area contributed by atoms with Gasteiger partial charge in [0.1, 0.15) is 0 Å². The van der Waals surface area contributed by atoms with Crippen molar-refractivity contribution in [2.45, 2.75) is 0 Å². The van der Waals surface area contributed by atoms with E-state index in [4.69, 9.17) is 5.73 Å². The number of hydrogen-bond acceptors (Lipinski definition) is 4. The molecule has 0 saturated carbocycles. The fraction of sp³-hybridized carbons (Fsp3) is 0.250. The summed E-state index contributed by atoms with van der Waals surface area (Å²) >= 11 is 0. The zero-order valence-corrected chi connectivity index (χ0v) is 9.33. The van der Waals surface area contributed by atoms with Gasteiger partial charge in [0.15, 0.2) is 0 Å². The van der Waals surface area contributed by atoms with Crippen LogP contribution in [-0.2, 0) is 4.74 Å². The van der Waals surface area contributed by atoms with Gasteiger partial charge in [-0.1, -0.05) is 11.8 Å². The molecule has 0 bridgehead atoms. The second kappa shape index (κ2) is 5.79. The third kappa shape index (κ3) is 3.01. The highest BCUT2D eigenvalue weighted by atomic mass is 16.5. The van der Waals surface area contributed by atoms with Crippen LogP contribution in [0.4, 0.5) is 5.69 Å². The lowest BCUT2D eigenvalue weighted by molar-refractivity contribution is 0.0600. The van der Waals surface area contributed by atoms with Crippen molar-refractivity contribution in [3.63, 3.8) is 0 Å². The van der Waals surface area contributed by atoms with Crippen LogP contribution in [0.15, 0.2) is 18.2 Å². The molecule has 0 spiro atoms. The molecule has 0 atom stereocenters. The third-order valence-electron chi connectivity index (χ3n) is 1.96. The molecule has 0 fully saturated rings. The zero-order chi connectivity index (χ0) is 12.0. The van der Waals surface area contributed by atoms with Crippen molar-refractivity contribution in [1.29, 1.82) is 0 Å². The molecule has 0 saturated heterocycles. The van der Waals surface area contributed by atoms with Crippen molar-refractivity contribution in [3.05, 3.63) is 29.3 Å². The summed E-state index contributed by atoms with van der Waals surface area (Å²) in [6.45, 7) is 0.571. The number of carbonyl (C=O) groups is 1. The van der Waals surface area contributed by atoms with E-state index in [0.717, 1.165) is 0 Å². The summed E-state index contributed by atoms with van der Waals surface area (Å²) in [6, 6.07) is 4.89. The van der Waals surface area contributed by atoms with E-state index in [9.17, 15) is 4.79 Å². The van der Waals surface area contributed by atoms with Crippen molar-refractivity contribution in [2.75, 3.05) is 26.4 Å². The van der Waals surface area contributed by atoms with Crippen LogP contribution < -0.4 is 11.1 Å². The Kier molecular flexibility index (Phi) is 4.37. The van der Waals surface area contributed by atoms with Crippen molar-refractivity contribution in [3.8, 4) is 11.8 Å². The molecule has 0 aliphatic heterocycles. The standard InChI is InChI=1S/C12H14N2O2/c1-14-7-3-4-9-8-10(12(15)16-2)5-6-11(9)13/h5-6,8,14H,7,13H2,1-2H3. The van der Waals surface area contributed by atoms with Crippen LogP contribution >= 0.6 is 0 Å². The number of benzene rings is 1. The van der Waals surface area contributed by atoms with E-state index >= 15 is 0 Å². The number of esters is 1. The molecule has 0 aliphatic rings. The molecule has 0 radical (unpaired) electrons. The van der Waals surface area contributed by atoms with Crippen LogP contribution in [0.5, 0.6) is 0 Å². The average molecular weight is 218 g/mol. The van der Waals surface area contributed by atoms with Gasteiger partial charge < -0.3 is 15.8 Å². The summed E-state index contributed by atoms with van der Waals surface area (Å²) in [4.78, 5) is 11.3. The zero-order valence-electron chi connectivity index (χ0n) is 9.33. The van der Waals surface area contributed by atoms with Gasteiger partial charge in [0.2, 0.25) is 0 Å². The number of anilines is 1. The first kappa shape index (κ1) is 12.1. The number of methoxy groups -OCH3 is 1. The Morgan fingerprint density at radius 3 is 2.94 bits per heavy atom. The summed E-state index contributed by atoms with van der Waals surface area (Å²) in [5, 5.41) is 2.90. The monoisotopic (exact) mass is 218 g/mol. The van der Waals surface area contributed by atoms with Gasteiger partial charge in [-0.25, -0.2) is 4.79 Å². The van der Waals surface area contributed by atoms with Gasteiger partial charge in [-0.05, 0) is 25.2 Å². The summed E-state index contributed by atoms with van der Waals surface area (Å²) in [5.41, 5.74) is 7.38. The van der Waals surface area contributed by atoms with E-state index in [-0.39, 0.29) is 0 Å². The fourth-order valence-electron chi connectivity index (χ4n) is 1.14. The van der Waals surface area contributed by atoms with E-state index in [1.165, 1.54) is 7.11 Å². The SMILES string of the molecule is CNCC#Cc1cc(C(=O)OC)ccc1N. The molecule has 0 amide bonds. The highest BCUT2D eigenvalue weighted by molar-refractivity contribution is 5.90. The molecule has 4 nitrogen and oxygen atoms in total. The van der Waals surface area contributed by atoms with Gasteiger partial charge in [0.25, 0.3) is 0 Å². The Morgan fingerprint density at radius 1 is 1.56 bits per heavy atom. The van der Waals surface area contributed by atoms with E-state index in [0.29, 0.717) is 23.4 Å². The minimum Gasteiger partial charge on any atom is -0.465 e. The van der Waals surface area contributed by atoms with Crippen LogP contribution in [0.25, 0.3) is 0 Å². The number of nitrogens with one attached hydrogen (secondary N) is 1. The lowest BCUT2D eigenvalue weighted by Gasteiger charge is -2.02. The van der Waals surface area contributed by atoms with Gasteiger partial charge >= 0.3 is 5.97 Å². The lowest BCUT2D eigenvalue weighted by Crippen LogP contribution is -2.05. The van der Waals surface area contributed by atoms with E-state index < -0.39 is 5.97 Å². The fourth-order valence-corrected chi connectivity index (χ4v) is 1.14. The highest BCUT2D eigenvalue weighted by Gasteiger charge is 2.06. The lowest BCUT2D eigenvalue weighted by atomic mass is 10.1. The molecule has 16 heavy (non-hydrogen) atoms. The quantitative estimate of drug-likeness (QED) is 0.434. The molecule has 0 aliphatic carbocycles. The van der Waals surface area contributed by atoms with Gasteiger partial charge in [0, 0.05) is 11.3 Å². The number of hydrogen-bond donors (Lipinski definition) is 2. The van der Waals surface area contributed by atoms with Crippen molar-refractivity contribution >= 4 is 11.7 Å². The van der Waals surface area contributed by atoms with Crippen molar-refractivity contribution in [1.82, 2.24) is 5.32 Å². The molecule has 3 N–H and O–H groups in total. The number of rotatable bonds is 2. The van der Waals surface area contributed by atoms with Crippen LogP contribution in [0.3, 0.4) is 0 Å². The molecule has 1 aromatic rings. The maximum Gasteiger partial charge on any atom is 0.337 e. The first-order valence-electron chi connectivity index (χ1n) is 4.80. The van der Waals surface area contributed by atoms with E-state index in [1.54, 1.807) is 18.2 Å². The Morgan fingerprint density at radius 2 is 2.31 bits per heavy atom. The molecule has 1 rings (SSSR count). The van der Waals surface area contributed by atoms with E-state index in [1.807, 2.05) is 7.05 Å². The van der Waals surface area contributed by atoms with E-state index in [2.05, 4.69) is 21.9 Å². The minimum atomic E-state index is -0.392. The van der Waals surface area contributed by atoms with Crippen molar-refractivity contribution < 1.29 is 9.53 Å². The first-order chi connectivity index (χ1) is 7.69. The van der Waals surface area contributed by atoms with Crippen LogP contribution in [0.1, 0.15) is 15.9 Å². The molecule has 4 heteroatoms. The topological polar surface area (TPSA) is 64.3 Å². The Hall–Kier alpha value is -1.99. The number of carbonyl (C=O) groups excluding carboxylic acids is 1. The van der Waals surface area contributed by atoms with Crippen LogP contribution in [0, 0.1) is 11.8 Å². The second-order valence-electron chi connectivity index (χ2n) is 3.13. The summed E-state index contributed by atoms with van der Waals surface area (Å²) in [5.74, 6) is 5.38. The third-order valence-corrected chi connectivity index (χ3v) is 1.96. The highest BCUT2D eigenvalue weighted by Crippen LogP contribution is 2.13. The second-order valence-corrected chi connectivity index (χ2v) is 3.13. The summed E-state index contributed by atoms with van der Waals surface area (Å²) < 4.78 is 4.62. The Bertz CT molecular complexity index is 444. The first-order valence-corrected chi connectivity index (χ1v) is 4.80. The van der Waals surface area contributed by atoms with Gasteiger partial charge in [-0.2, -0.15) is 0 Å². The predicted octanol–water partition coefficient (Wildman–Crippen LogP) is 0.626. The normalized spacial score (nSPS) is 9.12. The minimum absolute atomic E-state index is 0.392. The smallest absolute Gasteiger partial charge is 0.337 e.